The third-order valence-electron chi connectivity index (χ3n) is 2.39. The quantitative estimate of drug-likeness (QED) is 0.771. The van der Waals surface area contributed by atoms with Crippen LogP contribution in [0.25, 0.3) is 0 Å². The second-order valence-corrected chi connectivity index (χ2v) is 4.83. The summed E-state index contributed by atoms with van der Waals surface area (Å²) in [7, 11) is 1.57. The lowest BCUT2D eigenvalue weighted by Crippen LogP contribution is -2.33. The first-order valence-electron chi connectivity index (χ1n) is 5.47. The Labute approximate surface area is 112 Å². The van der Waals surface area contributed by atoms with E-state index in [4.69, 9.17) is 0 Å². The number of hydrogen-bond acceptors (Lipinski definition) is 6. The molecule has 2 heterocycles. The predicted molar refractivity (Wildman–Crippen MR) is 69.1 cm³/mol. The van der Waals surface area contributed by atoms with Gasteiger partial charge in [-0.2, -0.15) is 4.98 Å². The van der Waals surface area contributed by atoms with Gasteiger partial charge in [-0.05, 0) is 24.8 Å². The van der Waals surface area contributed by atoms with Gasteiger partial charge >= 0.3 is 11.1 Å². The highest BCUT2D eigenvalue weighted by Crippen LogP contribution is 2.28. The van der Waals surface area contributed by atoms with Crippen molar-refractivity contribution in [2.24, 2.45) is 7.05 Å². The minimum Gasteiger partial charge on any atom is -0.389 e. The summed E-state index contributed by atoms with van der Waals surface area (Å²) in [5.74, 6) is 0. The maximum absolute atomic E-state index is 11.2. The van der Waals surface area contributed by atoms with Gasteiger partial charge in [-0.25, -0.2) is 4.98 Å². The number of hydrogen-bond donors (Lipinski definition) is 2. The van der Waals surface area contributed by atoms with Crippen molar-refractivity contribution in [2.75, 3.05) is 0 Å². The molecular formula is C11H12N4O3S. The molecule has 100 valence electrons. The molecule has 0 spiro atoms. The van der Waals surface area contributed by atoms with E-state index in [1.165, 1.54) is 4.68 Å². The maximum Gasteiger partial charge on any atom is 0.339 e. The van der Waals surface area contributed by atoms with Gasteiger partial charge < -0.3 is 5.11 Å². The zero-order valence-corrected chi connectivity index (χ0v) is 11.1. The second kappa shape index (κ2) is 5.37. The molecule has 0 unspecified atom stereocenters. The summed E-state index contributed by atoms with van der Waals surface area (Å²) in [6, 6.07) is 3.45. The number of aliphatic hydroxyl groups excluding tert-OH is 1. The van der Waals surface area contributed by atoms with Crippen LogP contribution in [0, 0.1) is 0 Å². The summed E-state index contributed by atoms with van der Waals surface area (Å²) in [6.45, 7) is 1.63. The molecule has 2 aromatic rings. The van der Waals surface area contributed by atoms with Crippen LogP contribution in [-0.2, 0) is 7.05 Å². The van der Waals surface area contributed by atoms with Crippen LogP contribution >= 0.6 is 11.8 Å². The predicted octanol–water partition coefficient (Wildman–Crippen LogP) is 0.0681. The molecule has 2 aromatic heterocycles. The first-order valence-corrected chi connectivity index (χ1v) is 6.29. The summed E-state index contributed by atoms with van der Waals surface area (Å²) in [6.07, 6.45) is 0.897. The van der Waals surface area contributed by atoms with Crippen molar-refractivity contribution in [3.05, 3.63) is 44.6 Å². The number of aromatic amines is 1. The highest BCUT2D eigenvalue weighted by molar-refractivity contribution is 7.99. The van der Waals surface area contributed by atoms with Crippen LogP contribution < -0.4 is 11.1 Å². The van der Waals surface area contributed by atoms with Crippen LogP contribution in [-0.4, -0.2) is 24.9 Å². The largest absolute Gasteiger partial charge is 0.389 e. The first-order chi connectivity index (χ1) is 8.99. The Kier molecular flexibility index (Phi) is 3.82. The Morgan fingerprint density at radius 2 is 2.21 bits per heavy atom. The lowest BCUT2D eigenvalue weighted by Gasteiger charge is -2.10. The topological polar surface area (TPSA) is 101 Å². The molecule has 7 nitrogen and oxygen atoms in total. The second-order valence-electron chi connectivity index (χ2n) is 3.88. The first kappa shape index (κ1) is 13.5. The zero-order chi connectivity index (χ0) is 14.0. The van der Waals surface area contributed by atoms with Gasteiger partial charge in [-0.15, -0.1) is 0 Å². The van der Waals surface area contributed by atoms with Crippen LogP contribution in [0.2, 0.25) is 0 Å². The third kappa shape index (κ3) is 2.91. The van der Waals surface area contributed by atoms with E-state index >= 15 is 0 Å². The molecule has 1 atom stereocenters. The van der Waals surface area contributed by atoms with E-state index in [2.05, 4.69) is 15.1 Å². The van der Waals surface area contributed by atoms with Crippen molar-refractivity contribution in [2.45, 2.75) is 23.2 Å². The van der Waals surface area contributed by atoms with Crippen molar-refractivity contribution >= 4 is 11.8 Å². The number of H-pyrrole nitrogens is 1. The Morgan fingerprint density at radius 1 is 1.47 bits per heavy atom. The summed E-state index contributed by atoms with van der Waals surface area (Å²) < 4.78 is 1.34. The van der Waals surface area contributed by atoms with Gasteiger partial charge in [0.05, 0.1) is 6.10 Å². The van der Waals surface area contributed by atoms with Gasteiger partial charge in [-0.1, -0.05) is 6.07 Å². The van der Waals surface area contributed by atoms with Gasteiger partial charge in [0.1, 0.15) is 5.03 Å². The normalized spacial score (nSPS) is 12.4. The SMILES string of the molecule is C[C@H](O)c1cccnc1Sc1nc(=O)c(=O)[nH]n1C. The van der Waals surface area contributed by atoms with E-state index in [-0.39, 0.29) is 0 Å². The van der Waals surface area contributed by atoms with Gasteiger partial charge in [0, 0.05) is 18.8 Å². The van der Waals surface area contributed by atoms with Gasteiger partial charge in [0.2, 0.25) is 0 Å². The zero-order valence-electron chi connectivity index (χ0n) is 10.3. The van der Waals surface area contributed by atoms with Crippen molar-refractivity contribution < 1.29 is 5.11 Å². The van der Waals surface area contributed by atoms with Gasteiger partial charge in [-0.3, -0.25) is 19.4 Å². The van der Waals surface area contributed by atoms with Crippen LogP contribution in [0.1, 0.15) is 18.6 Å². The molecule has 0 amide bonds. The summed E-state index contributed by atoms with van der Waals surface area (Å²) in [5.41, 5.74) is -0.994. The van der Waals surface area contributed by atoms with Crippen molar-refractivity contribution in [3.8, 4) is 0 Å². The molecule has 0 fully saturated rings. The Bertz CT molecular complexity index is 708. The van der Waals surface area contributed by atoms with Crippen molar-refractivity contribution in [3.63, 3.8) is 0 Å². The Balaban J connectivity index is 2.45. The molecule has 2 rings (SSSR count). The number of rotatable bonds is 3. The smallest absolute Gasteiger partial charge is 0.339 e. The molecule has 8 heteroatoms. The van der Waals surface area contributed by atoms with Crippen LogP contribution in [0.4, 0.5) is 0 Å². The molecule has 0 saturated carbocycles. The average Bonchev–Trinajstić information content (AvgIpc) is 2.36. The monoisotopic (exact) mass is 280 g/mol. The number of pyridine rings is 1. The minimum absolute atomic E-state index is 0.296. The minimum atomic E-state index is -0.852. The standard InChI is InChI=1S/C11H12N4O3S/c1-6(16)7-4-3-5-12-10(7)19-11-13-8(17)9(18)14-15(11)2/h3-6,16H,1-2H3,(H,14,18)/t6-/m0/s1. The van der Waals surface area contributed by atoms with Crippen molar-refractivity contribution in [1.29, 1.82) is 0 Å². The maximum atomic E-state index is 11.2. The fourth-order valence-corrected chi connectivity index (χ4v) is 2.40. The average molecular weight is 280 g/mol. The molecule has 0 aliphatic heterocycles. The molecule has 0 aromatic carbocycles. The van der Waals surface area contributed by atoms with Crippen molar-refractivity contribution in [1.82, 2.24) is 19.7 Å². The molecule has 2 N–H and O–H groups in total. The van der Waals surface area contributed by atoms with Gasteiger partial charge in [0.25, 0.3) is 0 Å². The molecule has 0 aliphatic carbocycles. The lowest BCUT2D eigenvalue weighted by molar-refractivity contribution is 0.195. The number of aromatic nitrogens is 4. The van der Waals surface area contributed by atoms with E-state index in [9.17, 15) is 14.7 Å². The Hall–Kier alpha value is -1.93. The highest BCUT2D eigenvalue weighted by atomic mass is 32.2. The molecule has 0 saturated heterocycles. The van der Waals surface area contributed by atoms with Crippen LogP contribution in [0.3, 0.4) is 0 Å². The van der Waals surface area contributed by atoms with E-state index in [0.29, 0.717) is 15.7 Å². The van der Waals surface area contributed by atoms with E-state index in [1.54, 1.807) is 32.3 Å². The Morgan fingerprint density at radius 3 is 2.89 bits per heavy atom. The molecule has 0 bridgehead atoms. The molecule has 0 radical (unpaired) electrons. The number of nitrogens with one attached hydrogen (secondary N) is 1. The molecule has 0 aliphatic rings. The fourth-order valence-electron chi connectivity index (χ4n) is 1.44. The van der Waals surface area contributed by atoms with E-state index in [0.717, 1.165) is 11.8 Å². The molecular weight excluding hydrogens is 268 g/mol. The summed E-state index contributed by atoms with van der Waals surface area (Å²) in [4.78, 5) is 30.2. The third-order valence-corrected chi connectivity index (χ3v) is 3.47. The van der Waals surface area contributed by atoms with Crippen LogP contribution in [0.5, 0.6) is 0 Å². The van der Waals surface area contributed by atoms with E-state index in [1.807, 2.05) is 0 Å². The highest BCUT2D eigenvalue weighted by Gasteiger charge is 2.13. The summed E-state index contributed by atoms with van der Waals surface area (Å²) in [5, 5.41) is 12.8. The van der Waals surface area contributed by atoms with Gasteiger partial charge in [0.15, 0.2) is 5.16 Å². The number of aryl methyl sites for hydroxylation is 1. The number of aliphatic hydroxyl groups is 1. The lowest BCUT2D eigenvalue weighted by atomic mass is 10.2. The summed E-state index contributed by atoms with van der Waals surface area (Å²) >= 11 is 1.10. The van der Waals surface area contributed by atoms with E-state index < -0.39 is 17.2 Å². The molecule has 19 heavy (non-hydrogen) atoms. The number of nitrogens with zero attached hydrogens (tertiary/aromatic N) is 3. The van der Waals surface area contributed by atoms with Crippen LogP contribution in [0.15, 0.2) is 38.1 Å². The fraction of sp³-hybridized carbons (Fsp3) is 0.273.